The first-order valence-electron chi connectivity index (χ1n) is 7.01. The Morgan fingerprint density at radius 3 is 1.95 bits per heavy atom. The number of benzene rings is 1. The Balaban J connectivity index is 2.23. The van der Waals surface area contributed by atoms with Gasteiger partial charge in [0.15, 0.2) is 11.5 Å². The van der Waals surface area contributed by atoms with E-state index in [0.29, 0.717) is 17.2 Å². The predicted molar refractivity (Wildman–Crippen MR) is 78.7 cm³/mol. The number of nitrogens with zero attached hydrogens (tertiary/aromatic N) is 1. The molecule has 1 aromatic rings. The summed E-state index contributed by atoms with van der Waals surface area (Å²) in [5, 5.41) is 0. The van der Waals surface area contributed by atoms with Crippen LogP contribution in [0.3, 0.4) is 0 Å². The number of methoxy groups -OCH3 is 3. The second-order valence-electron chi connectivity index (χ2n) is 5.02. The molecule has 6 heteroatoms. The van der Waals surface area contributed by atoms with Gasteiger partial charge >= 0.3 is 0 Å². The molecule has 2 rings (SSSR count). The number of nitrogens with one attached hydrogen (secondary N) is 1. The van der Waals surface area contributed by atoms with Gasteiger partial charge in [-0.3, -0.25) is 9.69 Å². The van der Waals surface area contributed by atoms with Crippen LogP contribution in [0.4, 0.5) is 5.69 Å². The standard InChI is InChI=1S/C15H22N2O4/c1-11(18)16-5-7-17(8-6-16)12-9-13(19-2)15(21-4)14(10-12)20-3/h9-10H,5-8H2,1-4H3/p+1. The van der Waals surface area contributed by atoms with Gasteiger partial charge in [-0.05, 0) is 0 Å². The van der Waals surface area contributed by atoms with Crippen LogP contribution in [0.1, 0.15) is 6.92 Å². The Morgan fingerprint density at radius 1 is 1.05 bits per heavy atom. The average molecular weight is 295 g/mol. The number of carbonyl (C=O) groups is 1. The largest absolute Gasteiger partial charge is 0.492 e. The summed E-state index contributed by atoms with van der Waals surface area (Å²) in [5.41, 5.74) is 1.09. The van der Waals surface area contributed by atoms with Crippen molar-refractivity contribution < 1.29 is 23.9 Å². The van der Waals surface area contributed by atoms with E-state index in [-0.39, 0.29) is 5.91 Å². The highest BCUT2D eigenvalue weighted by Gasteiger charge is 2.25. The molecule has 0 atom stereocenters. The number of amides is 1. The lowest BCUT2D eigenvalue weighted by Gasteiger charge is -2.31. The first-order valence-corrected chi connectivity index (χ1v) is 7.01. The van der Waals surface area contributed by atoms with Crippen LogP contribution in [0.2, 0.25) is 0 Å². The summed E-state index contributed by atoms with van der Waals surface area (Å²) in [6, 6.07) is 3.94. The Kier molecular flexibility index (Phi) is 4.90. The van der Waals surface area contributed by atoms with Crippen molar-refractivity contribution in [2.24, 2.45) is 0 Å². The number of hydrogen-bond acceptors (Lipinski definition) is 4. The van der Waals surface area contributed by atoms with Crippen LogP contribution in [-0.2, 0) is 4.79 Å². The van der Waals surface area contributed by atoms with E-state index < -0.39 is 0 Å². The van der Waals surface area contributed by atoms with Gasteiger partial charge < -0.3 is 19.1 Å². The number of carbonyl (C=O) groups excluding carboxylic acids is 1. The van der Waals surface area contributed by atoms with Crippen molar-refractivity contribution in [3.8, 4) is 17.2 Å². The molecule has 0 bridgehead atoms. The second kappa shape index (κ2) is 6.67. The van der Waals surface area contributed by atoms with Crippen molar-refractivity contribution in [3.05, 3.63) is 12.1 Å². The number of piperazine rings is 1. The molecule has 1 aliphatic heterocycles. The third-order valence-corrected chi connectivity index (χ3v) is 3.89. The molecule has 1 amide bonds. The topological polar surface area (TPSA) is 52.4 Å². The minimum absolute atomic E-state index is 0.138. The van der Waals surface area contributed by atoms with Gasteiger partial charge in [-0.2, -0.15) is 0 Å². The molecule has 1 N–H and O–H groups in total. The fourth-order valence-electron chi connectivity index (χ4n) is 2.67. The smallest absolute Gasteiger partial charge is 0.219 e. The zero-order valence-electron chi connectivity index (χ0n) is 13.1. The van der Waals surface area contributed by atoms with Crippen LogP contribution >= 0.6 is 0 Å². The van der Waals surface area contributed by atoms with Crippen LogP contribution < -0.4 is 19.1 Å². The van der Waals surface area contributed by atoms with E-state index in [1.807, 2.05) is 17.0 Å². The van der Waals surface area contributed by atoms with E-state index in [9.17, 15) is 4.79 Å². The minimum atomic E-state index is 0.138. The van der Waals surface area contributed by atoms with Crippen LogP contribution in [-0.4, -0.2) is 58.3 Å². The van der Waals surface area contributed by atoms with Gasteiger partial charge in [-0.25, -0.2) is 0 Å². The number of quaternary nitrogens is 1. The molecule has 6 nitrogen and oxygen atoms in total. The van der Waals surface area contributed by atoms with Crippen LogP contribution in [0, 0.1) is 0 Å². The summed E-state index contributed by atoms with van der Waals surface area (Å²) in [6.45, 7) is 4.89. The molecule has 0 radical (unpaired) electrons. The molecule has 0 aliphatic carbocycles. The van der Waals surface area contributed by atoms with Gasteiger partial charge in [0.1, 0.15) is 5.69 Å². The van der Waals surface area contributed by atoms with E-state index in [1.54, 1.807) is 28.3 Å². The van der Waals surface area contributed by atoms with E-state index in [2.05, 4.69) is 0 Å². The van der Waals surface area contributed by atoms with Crippen LogP contribution in [0.5, 0.6) is 17.2 Å². The molecule has 1 aliphatic rings. The molecule has 1 aromatic carbocycles. The summed E-state index contributed by atoms with van der Waals surface area (Å²) in [4.78, 5) is 14.6. The zero-order valence-corrected chi connectivity index (χ0v) is 13.1. The molecular formula is C15H23N2O4+. The van der Waals surface area contributed by atoms with E-state index in [4.69, 9.17) is 14.2 Å². The van der Waals surface area contributed by atoms with Crippen molar-refractivity contribution in [2.45, 2.75) is 6.92 Å². The molecule has 0 spiro atoms. The van der Waals surface area contributed by atoms with Gasteiger partial charge in [-0.1, -0.05) is 0 Å². The molecule has 1 fully saturated rings. The summed E-state index contributed by atoms with van der Waals surface area (Å²) < 4.78 is 16.1. The van der Waals surface area contributed by atoms with Gasteiger partial charge in [-0.15, -0.1) is 0 Å². The van der Waals surface area contributed by atoms with Gasteiger partial charge in [0.25, 0.3) is 0 Å². The quantitative estimate of drug-likeness (QED) is 0.855. The molecule has 0 unspecified atom stereocenters. The average Bonchev–Trinajstić information content (AvgIpc) is 2.53. The SMILES string of the molecule is COc1cc([NH+]2CCN(C(C)=O)CC2)cc(OC)c1OC. The first kappa shape index (κ1) is 15.4. The first-order chi connectivity index (χ1) is 10.1. The lowest BCUT2D eigenvalue weighted by atomic mass is 10.2. The van der Waals surface area contributed by atoms with Crippen molar-refractivity contribution in [1.82, 2.24) is 4.90 Å². The summed E-state index contributed by atoms with van der Waals surface area (Å²) in [7, 11) is 4.83. The third-order valence-electron chi connectivity index (χ3n) is 3.89. The van der Waals surface area contributed by atoms with E-state index in [0.717, 1.165) is 31.9 Å². The molecule has 1 heterocycles. The maximum atomic E-state index is 11.4. The zero-order chi connectivity index (χ0) is 15.4. The summed E-state index contributed by atoms with van der Waals surface area (Å²) >= 11 is 0. The lowest BCUT2D eigenvalue weighted by Crippen LogP contribution is -3.10. The highest BCUT2D eigenvalue weighted by Crippen LogP contribution is 2.38. The highest BCUT2D eigenvalue weighted by molar-refractivity contribution is 5.73. The number of hydrogen-bond donors (Lipinski definition) is 1. The monoisotopic (exact) mass is 295 g/mol. The maximum Gasteiger partial charge on any atom is 0.219 e. The van der Waals surface area contributed by atoms with E-state index >= 15 is 0 Å². The van der Waals surface area contributed by atoms with Crippen LogP contribution in [0.25, 0.3) is 0 Å². The molecule has 0 aromatic heterocycles. The molecule has 116 valence electrons. The fourth-order valence-corrected chi connectivity index (χ4v) is 2.67. The molecule has 0 saturated carbocycles. The maximum absolute atomic E-state index is 11.4. The van der Waals surface area contributed by atoms with Crippen molar-refractivity contribution in [1.29, 1.82) is 0 Å². The number of rotatable bonds is 4. The molecular weight excluding hydrogens is 272 g/mol. The molecule has 21 heavy (non-hydrogen) atoms. The van der Waals surface area contributed by atoms with Gasteiger partial charge in [0.05, 0.1) is 47.5 Å². The lowest BCUT2D eigenvalue weighted by molar-refractivity contribution is -0.837. The Morgan fingerprint density at radius 2 is 1.57 bits per heavy atom. The Labute approximate surface area is 125 Å². The Hall–Kier alpha value is -1.95. The third kappa shape index (κ3) is 3.21. The predicted octanol–water partition coefficient (Wildman–Crippen LogP) is 0.0909. The highest BCUT2D eigenvalue weighted by atomic mass is 16.5. The second-order valence-corrected chi connectivity index (χ2v) is 5.02. The number of ether oxygens (including phenoxy) is 3. The fraction of sp³-hybridized carbons (Fsp3) is 0.533. The summed E-state index contributed by atoms with van der Waals surface area (Å²) in [5.74, 6) is 2.06. The summed E-state index contributed by atoms with van der Waals surface area (Å²) in [6.07, 6.45) is 0. The Bertz CT molecular complexity index is 485. The van der Waals surface area contributed by atoms with Crippen LogP contribution in [0.15, 0.2) is 12.1 Å². The normalized spacial score (nSPS) is 15.7. The molecule has 1 saturated heterocycles. The van der Waals surface area contributed by atoms with Crippen molar-refractivity contribution in [3.63, 3.8) is 0 Å². The van der Waals surface area contributed by atoms with Gasteiger partial charge in [0, 0.05) is 19.1 Å². The van der Waals surface area contributed by atoms with E-state index in [1.165, 1.54) is 4.90 Å². The van der Waals surface area contributed by atoms with Gasteiger partial charge in [0.2, 0.25) is 11.7 Å². The van der Waals surface area contributed by atoms with Crippen molar-refractivity contribution in [2.75, 3.05) is 47.5 Å². The van der Waals surface area contributed by atoms with Crippen molar-refractivity contribution >= 4 is 11.6 Å². The minimum Gasteiger partial charge on any atom is -0.492 e.